The molecule has 0 unspecified atom stereocenters. The number of anilines is 2. The van der Waals surface area contributed by atoms with E-state index in [1.165, 1.54) is 0 Å². The Hall–Kier alpha value is -2.00. The lowest BCUT2D eigenvalue weighted by Gasteiger charge is -2.16. The van der Waals surface area contributed by atoms with Crippen LogP contribution in [0.2, 0.25) is 5.02 Å². The van der Waals surface area contributed by atoms with Crippen molar-refractivity contribution in [2.75, 3.05) is 24.3 Å². The molecular formula is C17H19ClN2O. The summed E-state index contributed by atoms with van der Waals surface area (Å²) in [5.74, 6) is -0.117. The van der Waals surface area contributed by atoms with Crippen LogP contribution in [0, 0.1) is 13.8 Å². The summed E-state index contributed by atoms with van der Waals surface area (Å²) < 4.78 is 0. The number of hydrogen-bond donors (Lipinski definition) is 1. The molecule has 0 bridgehead atoms. The highest BCUT2D eigenvalue weighted by Gasteiger charge is 2.10. The Balaban J connectivity index is 2.22. The first-order chi connectivity index (χ1) is 9.88. The molecule has 21 heavy (non-hydrogen) atoms. The minimum absolute atomic E-state index is 0.117. The third-order valence-electron chi connectivity index (χ3n) is 3.38. The normalized spacial score (nSPS) is 10.3. The van der Waals surface area contributed by atoms with Gasteiger partial charge in [0.25, 0.3) is 5.91 Å². The maximum Gasteiger partial charge on any atom is 0.255 e. The molecule has 0 saturated carbocycles. The zero-order valence-corrected chi connectivity index (χ0v) is 13.5. The van der Waals surface area contributed by atoms with Crippen LogP contribution < -0.4 is 10.2 Å². The fraction of sp³-hybridized carbons (Fsp3) is 0.235. The van der Waals surface area contributed by atoms with Crippen molar-refractivity contribution in [3.63, 3.8) is 0 Å². The fourth-order valence-corrected chi connectivity index (χ4v) is 2.49. The predicted molar refractivity (Wildman–Crippen MR) is 89.6 cm³/mol. The molecule has 3 nitrogen and oxygen atoms in total. The smallest absolute Gasteiger partial charge is 0.255 e. The zero-order valence-electron chi connectivity index (χ0n) is 12.7. The third-order valence-corrected chi connectivity index (χ3v) is 3.61. The molecule has 0 atom stereocenters. The Morgan fingerprint density at radius 1 is 1.05 bits per heavy atom. The van der Waals surface area contributed by atoms with Gasteiger partial charge in [0, 0.05) is 36.1 Å². The minimum atomic E-state index is -0.117. The summed E-state index contributed by atoms with van der Waals surface area (Å²) in [6.07, 6.45) is 0. The van der Waals surface area contributed by atoms with E-state index < -0.39 is 0 Å². The van der Waals surface area contributed by atoms with Gasteiger partial charge in [-0.2, -0.15) is 0 Å². The number of carbonyl (C=O) groups excluding carboxylic acids is 1. The van der Waals surface area contributed by atoms with E-state index in [0.29, 0.717) is 10.6 Å². The van der Waals surface area contributed by atoms with Gasteiger partial charge in [0.05, 0.1) is 0 Å². The van der Waals surface area contributed by atoms with Crippen molar-refractivity contribution in [3.05, 3.63) is 58.1 Å². The lowest BCUT2D eigenvalue weighted by molar-refractivity contribution is 0.102. The summed E-state index contributed by atoms with van der Waals surface area (Å²) in [6.45, 7) is 3.92. The number of hydrogen-bond acceptors (Lipinski definition) is 2. The Bertz CT molecular complexity index is 680. The summed E-state index contributed by atoms with van der Waals surface area (Å²) in [4.78, 5) is 14.4. The van der Waals surface area contributed by atoms with Crippen LogP contribution in [0.15, 0.2) is 36.4 Å². The lowest BCUT2D eigenvalue weighted by Crippen LogP contribution is -2.15. The summed E-state index contributed by atoms with van der Waals surface area (Å²) >= 11 is 5.92. The molecule has 2 rings (SSSR count). The van der Waals surface area contributed by atoms with Crippen LogP contribution in [-0.2, 0) is 0 Å². The Morgan fingerprint density at radius 2 is 1.76 bits per heavy atom. The van der Waals surface area contributed by atoms with Crippen LogP contribution in [-0.4, -0.2) is 20.0 Å². The van der Waals surface area contributed by atoms with Crippen molar-refractivity contribution in [2.24, 2.45) is 0 Å². The summed E-state index contributed by atoms with van der Waals surface area (Å²) in [6, 6.07) is 11.1. The molecule has 1 N–H and O–H groups in total. The molecular weight excluding hydrogens is 284 g/mol. The Kier molecular flexibility index (Phi) is 4.53. The summed E-state index contributed by atoms with van der Waals surface area (Å²) in [7, 11) is 3.97. The second-order valence-corrected chi connectivity index (χ2v) is 5.75. The number of halogens is 1. The van der Waals surface area contributed by atoms with Crippen molar-refractivity contribution in [1.82, 2.24) is 0 Å². The fourth-order valence-electron chi connectivity index (χ4n) is 2.26. The molecule has 4 heteroatoms. The summed E-state index contributed by atoms with van der Waals surface area (Å²) in [5.41, 5.74) is 4.54. The van der Waals surface area contributed by atoms with Gasteiger partial charge in [-0.05, 0) is 61.4 Å². The molecule has 0 heterocycles. The number of aryl methyl sites for hydroxylation is 2. The van der Waals surface area contributed by atoms with Crippen LogP contribution in [0.3, 0.4) is 0 Å². The third kappa shape index (κ3) is 3.56. The van der Waals surface area contributed by atoms with E-state index in [4.69, 9.17) is 11.6 Å². The van der Waals surface area contributed by atoms with E-state index in [9.17, 15) is 4.79 Å². The van der Waals surface area contributed by atoms with Gasteiger partial charge in [-0.25, -0.2) is 0 Å². The quantitative estimate of drug-likeness (QED) is 0.918. The monoisotopic (exact) mass is 302 g/mol. The molecule has 0 radical (unpaired) electrons. The van der Waals surface area contributed by atoms with Gasteiger partial charge in [-0.15, -0.1) is 0 Å². The van der Waals surface area contributed by atoms with E-state index in [1.807, 2.05) is 63.2 Å². The summed E-state index contributed by atoms with van der Waals surface area (Å²) in [5, 5.41) is 3.58. The van der Waals surface area contributed by atoms with Crippen LogP contribution in [0.4, 0.5) is 11.4 Å². The molecule has 0 aromatic heterocycles. The van der Waals surface area contributed by atoms with Crippen molar-refractivity contribution in [3.8, 4) is 0 Å². The number of nitrogens with zero attached hydrogens (tertiary/aromatic N) is 1. The first kappa shape index (κ1) is 15.4. The molecule has 2 aromatic carbocycles. The maximum absolute atomic E-state index is 12.3. The van der Waals surface area contributed by atoms with E-state index in [-0.39, 0.29) is 5.91 Å². The number of amides is 1. The van der Waals surface area contributed by atoms with Crippen molar-refractivity contribution >= 4 is 28.9 Å². The van der Waals surface area contributed by atoms with Gasteiger partial charge < -0.3 is 10.2 Å². The van der Waals surface area contributed by atoms with Gasteiger partial charge in [0.2, 0.25) is 0 Å². The topological polar surface area (TPSA) is 32.3 Å². The number of nitrogens with one attached hydrogen (secondary N) is 1. The molecule has 0 saturated heterocycles. The minimum Gasteiger partial charge on any atom is -0.377 e. The van der Waals surface area contributed by atoms with Crippen LogP contribution in [0.25, 0.3) is 0 Å². The van der Waals surface area contributed by atoms with E-state index in [1.54, 1.807) is 6.07 Å². The van der Waals surface area contributed by atoms with E-state index >= 15 is 0 Å². The molecule has 0 fully saturated rings. The van der Waals surface area contributed by atoms with Gasteiger partial charge in [0.1, 0.15) is 0 Å². The highest BCUT2D eigenvalue weighted by molar-refractivity contribution is 6.30. The molecule has 0 aliphatic heterocycles. The largest absolute Gasteiger partial charge is 0.377 e. The van der Waals surface area contributed by atoms with Crippen LogP contribution >= 0.6 is 11.6 Å². The number of carbonyl (C=O) groups is 1. The van der Waals surface area contributed by atoms with Crippen molar-refractivity contribution in [2.45, 2.75) is 13.8 Å². The highest BCUT2D eigenvalue weighted by Crippen LogP contribution is 2.22. The lowest BCUT2D eigenvalue weighted by atomic mass is 10.1. The first-order valence-corrected chi connectivity index (χ1v) is 7.12. The zero-order chi connectivity index (χ0) is 15.6. The van der Waals surface area contributed by atoms with Gasteiger partial charge >= 0.3 is 0 Å². The molecule has 1 amide bonds. The average molecular weight is 303 g/mol. The SMILES string of the molecule is Cc1cc(Cl)ccc1NC(=O)c1ccc(N(C)C)c(C)c1. The number of benzene rings is 2. The van der Waals surface area contributed by atoms with Gasteiger partial charge in [-0.3, -0.25) is 4.79 Å². The maximum atomic E-state index is 12.3. The van der Waals surface area contributed by atoms with Gasteiger partial charge in [0.15, 0.2) is 0 Å². The molecule has 2 aromatic rings. The molecule has 0 spiro atoms. The molecule has 0 aliphatic rings. The Labute approximate surface area is 130 Å². The Morgan fingerprint density at radius 3 is 2.33 bits per heavy atom. The van der Waals surface area contributed by atoms with Crippen LogP contribution in [0.5, 0.6) is 0 Å². The predicted octanol–water partition coefficient (Wildman–Crippen LogP) is 4.28. The molecule has 110 valence electrons. The molecule has 0 aliphatic carbocycles. The standard InChI is InChI=1S/C17H19ClN2O/c1-11-10-14(18)6-7-15(11)19-17(21)13-5-8-16(20(3)4)12(2)9-13/h5-10H,1-4H3,(H,19,21). The van der Waals surface area contributed by atoms with E-state index in [2.05, 4.69) is 5.32 Å². The van der Waals surface area contributed by atoms with Crippen LogP contribution in [0.1, 0.15) is 21.5 Å². The van der Waals surface area contributed by atoms with E-state index in [0.717, 1.165) is 22.5 Å². The number of rotatable bonds is 3. The van der Waals surface area contributed by atoms with Crippen molar-refractivity contribution in [1.29, 1.82) is 0 Å². The van der Waals surface area contributed by atoms with Gasteiger partial charge in [-0.1, -0.05) is 11.6 Å². The average Bonchev–Trinajstić information content (AvgIpc) is 2.41. The highest BCUT2D eigenvalue weighted by atomic mass is 35.5. The second kappa shape index (κ2) is 6.19. The first-order valence-electron chi connectivity index (χ1n) is 6.74. The second-order valence-electron chi connectivity index (χ2n) is 5.31. The van der Waals surface area contributed by atoms with Crippen molar-refractivity contribution < 1.29 is 4.79 Å².